The predicted octanol–water partition coefficient (Wildman–Crippen LogP) is 5.23. The van der Waals surface area contributed by atoms with Crippen molar-refractivity contribution in [1.29, 1.82) is 0 Å². The highest BCUT2D eigenvalue weighted by molar-refractivity contribution is 7.99. The van der Waals surface area contributed by atoms with Crippen LogP contribution in [-0.2, 0) is 0 Å². The Kier molecular flexibility index (Phi) is 6.83. The van der Waals surface area contributed by atoms with E-state index in [9.17, 15) is 0 Å². The van der Waals surface area contributed by atoms with Crippen LogP contribution in [0.5, 0.6) is 0 Å². The first-order valence-electron chi connectivity index (χ1n) is 6.35. The number of hydrogen-bond acceptors (Lipinski definition) is 2. The minimum absolute atomic E-state index is 0.734. The zero-order chi connectivity index (χ0) is 12.7. The summed E-state index contributed by atoms with van der Waals surface area (Å²) >= 11 is 8.01. The molecule has 0 amide bonds. The van der Waals surface area contributed by atoms with Crippen molar-refractivity contribution < 1.29 is 0 Å². The number of thioether (sulfide) groups is 1. The Bertz CT molecular complexity index is 341. The molecule has 0 aliphatic carbocycles. The predicted molar refractivity (Wildman–Crippen MR) is 79.9 cm³/mol. The van der Waals surface area contributed by atoms with Crippen LogP contribution in [0.2, 0.25) is 5.02 Å². The lowest BCUT2D eigenvalue weighted by Gasteiger charge is -2.14. The maximum absolute atomic E-state index is 6.16. The second-order valence-corrected chi connectivity index (χ2v) is 5.89. The second-order valence-electron chi connectivity index (χ2n) is 4.42. The highest BCUT2D eigenvalue weighted by atomic mass is 35.5. The van der Waals surface area contributed by atoms with Gasteiger partial charge in [0.1, 0.15) is 0 Å². The van der Waals surface area contributed by atoms with Gasteiger partial charge in [-0.1, -0.05) is 44.7 Å². The highest BCUT2D eigenvalue weighted by Crippen LogP contribution is 2.31. The Morgan fingerprint density at radius 2 is 2.12 bits per heavy atom. The van der Waals surface area contributed by atoms with Crippen LogP contribution < -0.4 is 5.73 Å². The van der Waals surface area contributed by atoms with Gasteiger partial charge in [0, 0.05) is 16.3 Å². The van der Waals surface area contributed by atoms with E-state index in [0.717, 1.165) is 27.3 Å². The molecule has 0 fully saturated rings. The fourth-order valence-corrected chi connectivity index (χ4v) is 3.27. The zero-order valence-corrected chi connectivity index (χ0v) is 12.3. The summed E-state index contributed by atoms with van der Waals surface area (Å²) in [6, 6.07) is 5.77. The van der Waals surface area contributed by atoms with Gasteiger partial charge in [0.25, 0.3) is 0 Å². The lowest BCUT2D eigenvalue weighted by Crippen LogP contribution is -2.02. The summed E-state index contributed by atoms with van der Waals surface area (Å²) in [6.07, 6.45) is 5.19. The molecule has 0 saturated carbocycles. The summed E-state index contributed by atoms with van der Waals surface area (Å²) in [7, 11) is 0. The number of halogens is 1. The third-order valence-corrected chi connectivity index (χ3v) is 4.70. The van der Waals surface area contributed by atoms with Crippen molar-refractivity contribution >= 4 is 29.1 Å². The van der Waals surface area contributed by atoms with E-state index in [1.165, 1.54) is 25.7 Å². The highest BCUT2D eigenvalue weighted by Gasteiger charge is 2.08. The van der Waals surface area contributed by atoms with Crippen molar-refractivity contribution in [2.24, 2.45) is 5.92 Å². The van der Waals surface area contributed by atoms with E-state index in [1.54, 1.807) is 0 Å². The number of anilines is 1. The molecule has 0 saturated heterocycles. The molecular formula is C14H22ClNS. The summed E-state index contributed by atoms with van der Waals surface area (Å²) in [4.78, 5) is 1.15. The van der Waals surface area contributed by atoms with E-state index in [0.29, 0.717) is 0 Å². The molecule has 0 aromatic heterocycles. The minimum Gasteiger partial charge on any atom is -0.399 e. The summed E-state index contributed by atoms with van der Waals surface area (Å²) in [5.74, 6) is 1.95. The van der Waals surface area contributed by atoms with E-state index in [4.69, 9.17) is 17.3 Å². The van der Waals surface area contributed by atoms with Gasteiger partial charge in [0.15, 0.2) is 0 Å². The van der Waals surface area contributed by atoms with Crippen LogP contribution >= 0.6 is 23.4 Å². The number of benzene rings is 1. The normalized spacial score (nSPS) is 12.6. The molecule has 17 heavy (non-hydrogen) atoms. The lowest BCUT2D eigenvalue weighted by molar-refractivity contribution is 0.499. The van der Waals surface area contributed by atoms with Gasteiger partial charge in [-0.3, -0.25) is 0 Å². The fourth-order valence-electron chi connectivity index (χ4n) is 1.74. The molecule has 2 N–H and O–H groups in total. The van der Waals surface area contributed by atoms with E-state index in [2.05, 4.69) is 13.8 Å². The maximum Gasteiger partial charge on any atom is 0.0562 e. The van der Waals surface area contributed by atoms with Crippen LogP contribution in [0.1, 0.15) is 39.5 Å². The quantitative estimate of drug-likeness (QED) is 0.543. The number of hydrogen-bond donors (Lipinski definition) is 1. The number of unbranched alkanes of at least 4 members (excludes halogenated alkanes) is 1. The SMILES string of the molecule is CCCCC(CC)CSc1ccc(N)cc1Cl. The molecule has 1 atom stereocenters. The van der Waals surface area contributed by atoms with Gasteiger partial charge in [-0.2, -0.15) is 0 Å². The zero-order valence-electron chi connectivity index (χ0n) is 10.7. The van der Waals surface area contributed by atoms with Gasteiger partial charge in [-0.15, -0.1) is 11.8 Å². The first-order chi connectivity index (χ1) is 8.17. The van der Waals surface area contributed by atoms with E-state index < -0.39 is 0 Å². The number of nitrogen functional groups attached to an aromatic ring is 1. The second kappa shape index (κ2) is 7.88. The molecule has 0 spiro atoms. The van der Waals surface area contributed by atoms with Crippen LogP contribution in [0.4, 0.5) is 5.69 Å². The van der Waals surface area contributed by atoms with Crippen LogP contribution in [0, 0.1) is 5.92 Å². The molecule has 1 rings (SSSR count). The molecular weight excluding hydrogens is 250 g/mol. The molecule has 0 bridgehead atoms. The summed E-state index contributed by atoms with van der Waals surface area (Å²) in [5, 5.41) is 0.778. The molecule has 1 unspecified atom stereocenters. The van der Waals surface area contributed by atoms with Crippen molar-refractivity contribution in [2.75, 3.05) is 11.5 Å². The Balaban J connectivity index is 2.47. The van der Waals surface area contributed by atoms with E-state index in [-0.39, 0.29) is 0 Å². The first-order valence-corrected chi connectivity index (χ1v) is 7.71. The Labute approximate surface area is 114 Å². The summed E-state index contributed by atoms with van der Waals surface area (Å²) in [6.45, 7) is 4.52. The third kappa shape index (κ3) is 5.22. The lowest BCUT2D eigenvalue weighted by atomic mass is 10.0. The standard InChI is InChI=1S/C14H22ClNS/c1-3-5-6-11(4-2)10-17-14-8-7-12(16)9-13(14)15/h7-9,11H,3-6,10,16H2,1-2H3. The molecule has 0 aliphatic rings. The monoisotopic (exact) mass is 271 g/mol. The topological polar surface area (TPSA) is 26.0 Å². The van der Waals surface area contributed by atoms with Gasteiger partial charge in [0.2, 0.25) is 0 Å². The van der Waals surface area contributed by atoms with Crippen LogP contribution in [-0.4, -0.2) is 5.75 Å². The number of nitrogens with two attached hydrogens (primary N) is 1. The Hall–Kier alpha value is -0.340. The van der Waals surface area contributed by atoms with E-state index >= 15 is 0 Å². The molecule has 0 aliphatic heterocycles. The minimum atomic E-state index is 0.734. The van der Waals surface area contributed by atoms with Gasteiger partial charge in [0.05, 0.1) is 5.02 Å². The summed E-state index contributed by atoms with van der Waals surface area (Å²) < 4.78 is 0. The van der Waals surface area contributed by atoms with Crippen molar-refractivity contribution in [3.63, 3.8) is 0 Å². The largest absolute Gasteiger partial charge is 0.399 e. The van der Waals surface area contributed by atoms with Crippen LogP contribution in [0.3, 0.4) is 0 Å². The molecule has 1 aromatic rings. The Morgan fingerprint density at radius 1 is 1.35 bits per heavy atom. The molecule has 0 radical (unpaired) electrons. The molecule has 3 heteroatoms. The molecule has 1 nitrogen and oxygen atoms in total. The van der Waals surface area contributed by atoms with Gasteiger partial charge in [-0.05, 0) is 30.5 Å². The molecule has 96 valence electrons. The van der Waals surface area contributed by atoms with Crippen LogP contribution in [0.15, 0.2) is 23.1 Å². The average molecular weight is 272 g/mol. The van der Waals surface area contributed by atoms with Crippen molar-refractivity contribution in [1.82, 2.24) is 0 Å². The third-order valence-electron chi connectivity index (χ3n) is 2.97. The van der Waals surface area contributed by atoms with E-state index in [1.807, 2.05) is 30.0 Å². The number of rotatable bonds is 7. The Morgan fingerprint density at radius 3 is 2.71 bits per heavy atom. The van der Waals surface area contributed by atoms with Crippen molar-refractivity contribution in [3.8, 4) is 0 Å². The maximum atomic E-state index is 6.16. The molecule has 0 heterocycles. The molecule has 1 aromatic carbocycles. The average Bonchev–Trinajstić information content (AvgIpc) is 2.31. The summed E-state index contributed by atoms with van der Waals surface area (Å²) in [5.41, 5.74) is 6.42. The van der Waals surface area contributed by atoms with Crippen molar-refractivity contribution in [2.45, 2.75) is 44.4 Å². The fraction of sp³-hybridized carbons (Fsp3) is 0.571. The van der Waals surface area contributed by atoms with Gasteiger partial charge in [-0.25, -0.2) is 0 Å². The van der Waals surface area contributed by atoms with Crippen LogP contribution in [0.25, 0.3) is 0 Å². The first kappa shape index (κ1) is 14.7. The van der Waals surface area contributed by atoms with Gasteiger partial charge >= 0.3 is 0 Å². The smallest absolute Gasteiger partial charge is 0.0562 e. The van der Waals surface area contributed by atoms with Gasteiger partial charge < -0.3 is 5.73 Å². The van der Waals surface area contributed by atoms with Crippen molar-refractivity contribution in [3.05, 3.63) is 23.2 Å².